The summed E-state index contributed by atoms with van der Waals surface area (Å²) in [6, 6.07) is 16.0. The maximum Gasteiger partial charge on any atom is 0.407 e. The topological polar surface area (TPSA) is 119 Å². The van der Waals surface area contributed by atoms with Crippen LogP contribution in [0.5, 0.6) is 0 Å². The summed E-state index contributed by atoms with van der Waals surface area (Å²) in [5.74, 6) is -0.826. The van der Waals surface area contributed by atoms with Crippen LogP contribution in [-0.2, 0) is 20.8 Å². The summed E-state index contributed by atoms with van der Waals surface area (Å²) in [7, 11) is 2.96. The minimum atomic E-state index is -0.788. The van der Waals surface area contributed by atoms with Gasteiger partial charge in [0.25, 0.3) is 5.91 Å². The predicted octanol–water partition coefficient (Wildman–Crippen LogP) is 6.65. The van der Waals surface area contributed by atoms with Crippen molar-refractivity contribution in [2.24, 2.45) is 0 Å². The standard InChI is InChI=1S/C36H45IN4O7/c1-35(2,3)47-33(44)27-28(37)29(31(42)39(7)26-18-16-24(17-19-26)32(43)46-8)41(21-23-13-10-9-11-14-23)30(27)40-20-12-15-25(22-40)38-34(45)48-36(4,5)6/h9-11,13-14,16-19,25H,12,15,20-22H2,1-8H3,(H,38,45)/t25-/m1/s1. The van der Waals surface area contributed by atoms with Crippen LogP contribution in [0.25, 0.3) is 0 Å². The Hall–Kier alpha value is -4.07. The number of anilines is 2. The molecule has 0 spiro atoms. The fraction of sp³-hybridized carbons (Fsp3) is 0.444. The van der Waals surface area contributed by atoms with Crippen LogP contribution in [0.15, 0.2) is 54.6 Å². The second-order valence-electron chi connectivity index (χ2n) is 13.8. The number of methoxy groups -OCH3 is 1. The summed E-state index contributed by atoms with van der Waals surface area (Å²) in [4.78, 5) is 56.9. The van der Waals surface area contributed by atoms with Gasteiger partial charge in [0.05, 0.1) is 16.2 Å². The molecule has 1 aliphatic rings. The number of hydrogen-bond donors (Lipinski definition) is 1. The van der Waals surface area contributed by atoms with Crippen LogP contribution in [0.3, 0.4) is 0 Å². The third-order valence-electron chi connectivity index (χ3n) is 7.59. The lowest BCUT2D eigenvalue weighted by molar-refractivity contribution is 0.00682. The van der Waals surface area contributed by atoms with Gasteiger partial charge in [-0.1, -0.05) is 30.3 Å². The molecule has 0 unspecified atom stereocenters. The molecule has 3 aromatic rings. The van der Waals surface area contributed by atoms with Crippen LogP contribution < -0.4 is 15.1 Å². The van der Waals surface area contributed by atoms with Crippen molar-refractivity contribution in [1.29, 1.82) is 0 Å². The van der Waals surface area contributed by atoms with Crippen molar-refractivity contribution >= 4 is 58.0 Å². The lowest BCUT2D eigenvalue weighted by Crippen LogP contribution is -2.49. The Labute approximate surface area is 296 Å². The summed E-state index contributed by atoms with van der Waals surface area (Å²) in [5, 5.41) is 2.99. The number of alkyl carbamates (subject to hydrolysis) is 1. The molecule has 1 aromatic heterocycles. The summed E-state index contributed by atoms with van der Waals surface area (Å²) in [5.41, 5.74) is 1.01. The molecule has 1 saturated heterocycles. The number of ether oxygens (including phenoxy) is 3. The third kappa shape index (κ3) is 9.09. The van der Waals surface area contributed by atoms with E-state index in [9.17, 15) is 19.2 Å². The number of piperidine rings is 1. The monoisotopic (exact) mass is 772 g/mol. The fourth-order valence-corrected chi connectivity index (χ4v) is 6.50. The number of halogens is 1. The van der Waals surface area contributed by atoms with Crippen LogP contribution >= 0.6 is 22.6 Å². The second-order valence-corrected chi connectivity index (χ2v) is 14.8. The molecule has 1 atom stereocenters. The van der Waals surface area contributed by atoms with E-state index < -0.39 is 29.2 Å². The molecule has 2 heterocycles. The minimum absolute atomic E-state index is 0.257. The number of hydrogen-bond acceptors (Lipinski definition) is 8. The zero-order valence-electron chi connectivity index (χ0n) is 28.9. The van der Waals surface area contributed by atoms with E-state index in [2.05, 4.69) is 32.8 Å². The van der Waals surface area contributed by atoms with Crippen molar-refractivity contribution in [2.45, 2.75) is 78.2 Å². The third-order valence-corrected chi connectivity index (χ3v) is 8.64. The largest absolute Gasteiger partial charge is 0.465 e. The van der Waals surface area contributed by atoms with Crippen LogP contribution in [-0.4, -0.2) is 73.0 Å². The lowest BCUT2D eigenvalue weighted by atomic mass is 10.1. The molecular weight excluding hydrogens is 727 g/mol. The van der Waals surface area contributed by atoms with Gasteiger partial charge in [-0.3, -0.25) is 4.79 Å². The number of rotatable bonds is 8. The predicted molar refractivity (Wildman–Crippen MR) is 193 cm³/mol. The van der Waals surface area contributed by atoms with E-state index in [0.29, 0.717) is 46.0 Å². The molecule has 48 heavy (non-hydrogen) atoms. The molecule has 12 heteroatoms. The molecule has 1 aliphatic heterocycles. The Morgan fingerprint density at radius 2 is 1.54 bits per heavy atom. The van der Waals surface area contributed by atoms with Crippen molar-refractivity contribution in [1.82, 2.24) is 9.88 Å². The van der Waals surface area contributed by atoms with Gasteiger partial charge < -0.3 is 33.9 Å². The molecule has 0 bridgehead atoms. The first-order valence-corrected chi connectivity index (χ1v) is 17.0. The summed E-state index contributed by atoms with van der Waals surface area (Å²) in [6.45, 7) is 12.1. The minimum Gasteiger partial charge on any atom is -0.465 e. The first kappa shape index (κ1) is 36.8. The Kier molecular flexibility index (Phi) is 11.5. The van der Waals surface area contributed by atoms with E-state index in [1.54, 1.807) is 52.1 Å². The van der Waals surface area contributed by atoms with Crippen LogP contribution in [0.1, 0.15) is 91.2 Å². The molecule has 4 rings (SSSR count). The highest BCUT2D eigenvalue weighted by molar-refractivity contribution is 14.1. The molecule has 0 radical (unpaired) electrons. The molecule has 2 amide bonds. The van der Waals surface area contributed by atoms with E-state index in [4.69, 9.17) is 14.2 Å². The van der Waals surface area contributed by atoms with Gasteiger partial charge in [0.1, 0.15) is 28.3 Å². The summed E-state index contributed by atoms with van der Waals surface area (Å²) < 4.78 is 18.6. The smallest absolute Gasteiger partial charge is 0.407 e. The lowest BCUT2D eigenvalue weighted by Gasteiger charge is -2.36. The highest BCUT2D eigenvalue weighted by Gasteiger charge is 2.37. The van der Waals surface area contributed by atoms with Crippen molar-refractivity contribution in [3.8, 4) is 0 Å². The van der Waals surface area contributed by atoms with E-state index in [1.807, 2.05) is 55.7 Å². The van der Waals surface area contributed by atoms with E-state index in [-0.39, 0.29) is 17.5 Å². The van der Waals surface area contributed by atoms with Gasteiger partial charge in [0.2, 0.25) is 0 Å². The Morgan fingerprint density at radius 1 is 0.917 bits per heavy atom. The number of benzene rings is 2. The van der Waals surface area contributed by atoms with E-state index >= 15 is 0 Å². The van der Waals surface area contributed by atoms with Gasteiger partial charge in [-0.25, -0.2) is 14.4 Å². The van der Waals surface area contributed by atoms with Crippen LogP contribution in [0.4, 0.5) is 16.3 Å². The van der Waals surface area contributed by atoms with Gasteiger partial charge in [-0.15, -0.1) is 0 Å². The van der Waals surface area contributed by atoms with Crippen molar-refractivity contribution in [3.05, 3.63) is 80.6 Å². The number of nitrogens with one attached hydrogen (secondary N) is 1. The maximum absolute atomic E-state index is 14.5. The number of nitrogens with zero attached hydrogens (tertiary/aromatic N) is 3. The van der Waals surface area contributed by atoms with Crippen LogP contribution in [0, 0.1) is 3.57 Å². The average molecular weight is 773 g/mol. The van der Waals surface area contributed by atoms with Crippen molar-refractivity contribution in [2.75, 3.05) is 37.0 Å². The second kappa shape index (κ2) is 15.0. The van der Waals surface area contributed by atoms with Crippen molar-refractivity contribution in [3.63, 3.8) is 0 Å². The van der Waals surface area contributed by atoms with Gasteiger partial charge in [0, 0.05) is 38.4 Å². The molecule has 1 N–H and O–H groups in total. The normalized spacial score (nSPS) is 15.0. The highest BCUT2D eigenvalue weighted by atomic mass is 127. The van der Waals surface area contributed by atoms with E-state index in [1.165, 1.54) is 12.0 Å². The van der Waals surface area contributed by atoms with Gasteiger partial charge in [0.15, 0.2) is 0 Å². The number of amides is 2. The molecular formula is C36H45IN4O7. The number of carbonyl (C=O) groups is 4. The Balaban J connectivity index is 1.85. The fourth-order valence-electron chi connectivity index (χ4n) is 5.52. The molecule has 0 saturated carbocycles. The molecule has 1 fully saturated rings. The number of aromatic nitrogens is 1. The van der Waals surface area contributed by atoms with Gasteiger partial charge in [-0.2, -0.15) is 0 Å². The Morgan fingerprint density at radius 3 is 2.12 bits per heavy atom. The molecule has 11 nitrogen and oxygen atoms in total. The Bertz CT molecular complexity index is 1640. The molecule has 0 aliphatic carbocycles. The number of esters is 2. The van der Waals surface area contributed by atoms with Crippen LogP contribution in [0.2, 0.25) is 0 Å². The summed E-state index contributed by atoms with van der Waals surface area (Å²) in [6.07, 6.45) is 0.952. The molecule has 258 valence electrons. The zero-order valence-corrected chi connectivity index (χ0v) is 31.0. The van der Waals surface area contributed by atoms with Crippen molar-refractivity contribution < 1.29 is 33.4 Å². The highest BCUT2D eigenvalue weighted by Crippen LogP contribution is 2.37. The van der Waals surface area contributed by atoms with E-state index in [0.717, 1.165) is 18.4 Å². The molecule has 2 aromatic carbocycles. The SMILES string of the molecule is COC(=O)c1ccc(N(C)C(=O)c2c(I)c(C(=O)OC(C)(C)C)c(N3CCC[C@@H](NC(=O)OC(C)(C)C)C3)n2Cc2ccccc2)cc1. The first-order valence-electron chi connectivity index (χ1n) is 15.9. The first-order chi connectivity index (χ1) is 22.5. The zero-order chi connectivity index (χ0) is 35.4. The van der Waals surface area contributed by atoms with Gasteiger partial charge >= 0.3 is 18.0 Å². The summed E-state index contributed by atoms with van der Waals surface area (Å²) >= 11 is 2.07. The maximum atomic E-state index is 14.5. The van der Waals surface area contributed by atoms with Gasteiger partial charge in [-0.05, 0) is 107 Å². The quantitative estimate of drug-likeness (QED) is 0.154. The average Bonchev–Trinajstić information content (AvgIpc) is 3.30. The number of carbonyl (C=O) groups excluding carboxylic acids is 4.